The van der Waals surface area contributed by atoms with Gasteiger partial charge in [0.1, 0.15) is 17.5 Å². The molecule has 9 heteroatoms. The SMILES string of the molecule is C[C@H]1CN([C@@H](C)CO)C(=O)c2cc(-c3cccnc3)cnc2O[C@@H]1CN(C)C(=O)c1cccc(F)c1. The maximum Gasteiger partial charge on any atom is 0.259 e. The maximum absolute atomic E-state index is 13.7. The summed E-state index contributed by atoms with van der Waals surface area (Å²) in [5.41, 5.74) is 2.02. The van der Waals surface area contributed by atoms with E-state index in [4.69, 9.17) is 4.74 Å². The van der Waals surface area contributed by atoms with E-state index in [1.165, 1.54) is 23.1 Å². The molecule has 1 N–H and O–H groups in total. The van der Waals surface area contributed by atoms with Gasteiger partial charge in [-0.3, -0.25) is 14.6 Å². The number of aliphatic hydroxyl groups is 1. The molecule has 2 amide bonds. The van der Waals surface area contributed by atoms with Crippen LogP contribution in [0.1, 0.15) is 34.6 Å². The monoisotopic (exact) mass is 492 g/mol. The summed E-state index contributed by atoms with van der Waals surface area (Å²) in [5.74, 6) is -1.16. The molecule has 188 valence electrons. The van der Waals surface area contributed by atoms with Gasteiger partial charge < -0.3 is 19.6 Å². The minimum Gasteiger partial charge on any atom is -0.472 e. The van der Waals surface area contributed by atoms with Gasteiger partial charge >= 0.3 is 0 Å². The third-order valence-electron chi connectivity index (χ3n) is 6.39. The maximum atomic E-state index is 13.7. The predicted molar refractivity (Wildman–Crippen MR) is 132 cm³/mol. The normalized spacial score (nSPS) is 18.5. The fourth-order valence-electron chi connectivity index (χ4n) is 4.21. The lowest BCUT2D eigenvalue weighted by Gasteiger charge is -2.37. The number of hydrogen-bond acceptors (Lipinski definition) is 6. The largest absolute Gasteiger partial charge is 0.472 e. The van der Waals surface area contributed by atoms with Crippen LogP contribution in [0.4, 0.5) is 4.39 Å². The molecule has 1 aliphatic rings. The lowest BCUT2D eigenvalue weighted by atomic mass is 9.99. The number of fused-ring (bicyclic) bond motifs is 1. The summed E-state index contributed by atoms with van der Waals surface area (Å²) in [6.45, 7) is 4.00. The molecular formula is C27H29FN4O4. The minimum absolute atomic E-state index is 0.158. The highest BCUT2D eigenvalue weighted by atomic mass is 19.1. The Labute approximate surface area is 209 Å². The van der Waals surface area contributed by atoms with Gasteiger partial charge in [0.05, 0.1) is 19.2 Å². The summed E-state index contributed by atoms with van der Waals surface area (Å²) >= 11 is 0. The Hall–Kier alpha value is -3.85. The van der Waals surface area contributed by atoms with Crippen LogP contribution in [0.2, 0.25) is 0 Å². The van der Waals surface area contributed by atoms with Gasteiger partial charge in [0.2, 0.25) is 5.88 Å². The molecule has 0 aliphatic carbocycles. The average Bonchev–Trinajstić information content (AvgIpc) is 2.90. The standard InChI is InChI=1S/C27H29FN4O4/c1-17-14-32(18(2)16-33)27(35)23-11-21(20-7-5-9-29-12-20)13-30-25(23)36-24(17)15-31(3)26(34)19-6-4-8-22(28)10-19/h4-13,17-18,24,33H,14-16H2,1-3H3/t17-,18-,24+/m0/s1. The van der Waals surface area contributed by atoms with E-state index in [0.29, 0.717) is 12.1 Å². The molecule has 3 atom stereocenters. The van der Waals surface area contributed by atoms with E-state index in [2.05, 4.69) is 9.97 Å². The fraction of sp³-hybridized carbons (Fsp3) is 0.333. The summed E-state index contributed by atoms with van der Waals surface area (Å²) < 4.78 is 19.9. The van der Waals surface area contributed by atoms with Crippen molar-refractivity contribution in [1.82, 2.24) is 19.8 Å². The van der Waals surface area contributed by atoms with E-state index in [9.17, 15) is 19.1 Å². The van der Waals surface area contributed by atoms with Crippen molar-refractivity contribution in [3.05, 3.63) is 78.0 Å². The number of ether oxygens (including phenoxy) is 1. The summed E-state index contributed by atoms with van der Waals surface area (Å²) in [4.78, 5) is 38.2. The highest BCUT2D eigenvalue weighted by Gasteiger charge is 2.35. The zero-order chi connectivity index (χ0) is 25.8. The Bertz CT molecular complexity index is 1240. The molecule has 1 aliphatic heterocycles. The van der Waals surface area contributed by atoms with Crippen LogP contribution in [-0.2, 0) is 0 Å². The van der Waals surface area contributed by atoms with Crippen molar-refractivity contribution < 1.29 is 23.8 Å². The van der Waals surface area contributed by atoms with E-state index in [1.54, 1.807) is 55.7 Å². The first-order valence-electron chi connectivity index (χ1n) is 11.8. The van der Waals surface area contributed by atoms with E-state index >= 15 is 0 Å². The van der Waals surface area contributed by atoms with Crippen molar-refractivity contribution in [3.63, 3.8) is 0 Å². The molecular weight excluding hydrogens is 463 g/mol. The first kappa shape index (κ1) is 25.2. The van der Waals surface area contributed by atoms with Gasteiger partial charge in [-0.25, -0.2) is 9.37 Å². The van der Waals surface area contributed by atoms with Crippen molar-refractivity contribution in [2.24, 2.45) is 5.92 Å². The third-order valence-corrected chi connectivity index (χ3v) is 6.39. The molecule has 0 radical (unpaired) electrons. The highest BCUT2D eigenvalue weighted by Crippen LogP contribution is 2.30. The number of rotatable bonds is 6. The van der Waals surface area contributed by atoms with Gasteiger partial charge in [-0.05, 0) is 37.3 Å². The lowest BCUT2D eigenvalue weighted by Crippen LogP contribution is -2.50. The molecule has 0 saturated carbocycles. The Kier molecular flexibility index (Phi) is 7.59. The van der Waals surface area contributed by atoms with Gasteiger partial charge in [0.15, 0.2) is 0 Å². The van der Waals surface area contributed by atoms with Crippen LogP contribution in [0, 0.1) is 11.7 Å². The minimum atomic E-state index is -0.510. The molecule has 0 bridgehead atoms. The summed E-state index contributed by atoms with van der Waals surface area (Å²) in [5, 5.41) is 9.83. The summed E-state index contributed by atoms with van der Waals surface area (Å²) in [6.07, 6.45) is 4.46. The van der Waals surface area contributed by atoms with Crippen molar-refractivity contribution in [3.8, 4) is 17.0 Å². The molecule has 4 rings (SSSR count). The van der Waals surface area contributed by atoms with E-state index in [-0.39, 0.29) is 47.9 Å². The zero-order valence-electron chi connectivity index (χ0n) is 20.5. The van der Waals surface area contributed by atoms with Gasteiger partial charge in [-0.1, -0.05) is 19.1 Å². The number of halogens is 1. The van der Waals surface area contributed by atoms with Crippen LogP contribution in [-0.4, -0.2) is 75.6 Å². The van der Waals surface area contributed by atoms with Crippen LogP contribution >= 0.6 is 0 Å². The van der Waals surface area contributed by atoms with E-state index < -0.39 is 18.0 Å². The zero-order valence-corrected chi connectivity index (χ0v) is 20.5. The van der Waals surface area contributed by atoms with Gasteiger partial charge in [0, 0.05) is 54.8 Å². The first-order valence-corrected chi connectivity index (χ1v) is 11.8. The number of aliphatic hydroxyl groups excluding tert-OH is 1. The van der Waals surface area contributed by atoms with Gasteiger partial charge in [-0.2, -0.15) is 0 Å². The quantitative estimate of drug-likeness (QED) is 0.568. The molecule has 1 aromatic carbocycles. The van der Waals surface area contributed by atoms with Crippen molar-refractivity contribution in [2.75, 3.05) is 26.7 Å². The second-order valence-corrected chi connectivity index (χ2v) is 9.14. The number of amides is 2. The van der Waals surface area contributed by atoms with Crippen LogP contribution < -0.4 is 4.74 Å². The number of nitrogens with zero attached hydrogens (tertiary/aromatic N) is 4. The average molecular weight is 493 g/mol. The number of aromatic nitrogens is 2. The van der Waals surface area contributed by atoms with Crippen molar-refractivity contribution >= 4 is 11.8 Å². The van der Waals surface area contributed by atoms with E-state index in [0.717, 1.165) is 5.56 Å². The number of benzene rings is 1. The second-order valence-electron chi connectivity index (χ2n) is 9.14. The summed E-state index contributed by atoms with van der Waals surface area (Å²) in [7, 11) is 1.63. The number of carbonyl (C=O) groups excluding carboxylic acids is 2. The number of hydrogen-bond donors (Lipinski definition) is 1. The molecule has 3 heterocycles. The topological polar surface area (TPSA) is 95.9 Å². The van der Waals surface area contributed by atoms with Crippen LogP contribution in [0.25, 0.3) is 11.1 Å². The molecule has 0 unspecified atom stereocenters. The van der Waals surface area contributed by atoms with E-state index in [1.807, 2.05) is 13.0 Å². The Morgan fingerprint density at radius 3 is 2.75 bits per heavy atom. The number of carbonyl (C=O) groups is 2. The summed E-state index contributed by atoms with van der Waals surface area (Å²) in [6, 6.07) is 10.5. The molecule has 3 aromatic rings. The second kappa shape index (κ2) is 10.8. The number of pyridine rings is 2. The van der Waals surface area contributed by atoms with Crippen LogP contribution in [0.5, 0.6) is 5.88 Å². The molecule has 0 spiro atoms. The lowest BCUT2D eigenvalue weighted by molar-refractivity contribution is 0.0313. The number of likely N-dealkylation sites (N-methyl/N-ethyl adjacent to an activating group) is 1. The molecule has 0 fully saturated rings. The molecule has 0 saturated heterocycles. The first-order chi connectivity index (χ1) is 17.3. The Balaban J connectivity index is 1.67. The molecule has 36 heavy (non-hydrogen) atoms. The Morgan fingerprint density at radius 1 is 1.25 bits per heavy atom. The molecule has 2 aromatic heterocycles. The fourth-order valence-corrected chi connectivity index (χ4v) is 4.21. The van der Waals surface area contributed by atoms with Crippen molar-refractivity contribution in [2.45, 2.75) is 26.0 Å². The van der Waals surface area contributed by atoms with Crippen LogP contribution in [0.15, 0.2) is 61.1 Å². The molecule has 8 nitrogen and oxygen atoms in total. The highest BCUT2D eigenvalue weighted by molar-refractivity contribution is 5.98. The third kappa shape index (κ3) is 5.36. The van der Waals surface area contributed by atoms with Crippen LogP contribution in [0.3, 0.4) is 0 Å². The van der Waals surface area contributed by atoms with Gasteiger partial charge in [0.25, 0.3) is 11.8 Å². The predicted octanol–water partition coefficient (Wildman–Crippen LogP) is 3.28. The smallest absolute Gasteiger partial charge is 0.259 e. The van der Waals surface area contributed by atoms with Gasteiger partial charge in [-0.15, -0.1) is 0 Å². The Morgan fingerprint density at radius 2 is 2.06 bits per heavy atom. The van der Waals surface area contributed by atoms with Crippen molar-refractivity contribution in [1.29, 1.82) is 0 Å².